The maximum atomic E-state index is 7.87. The van der Waals surface area contributed by atoms with Crippen LogP contribution in [0.4, 0.5) is 0 Å². The van der Waals surface area contributed by atoms with Crippen LogP contribution in [0.2, 0.25) is 0 Å². The lowest BCUT2D eigenvalue weighted by atomic mass is 10.1. The van der Waals surface area contributed by atoms with Crippen molar-refractivity contribution in [1.29, 1.82) is 5.41 Å². The van der Waals surface area contributed by atoms with Gasteiger partial charge in [-0.05, 0) is 38.8 Å². The van der Waals surface area contributed by atoms with Gasteiger partial charge in [0.1, 0.15) is 5.71 Å². The number of rotatable bonds is 9. The van der Waals surface area contributed by atoms with E-state index in [2.05, 4.69) is 29.5 Å². The summed E-state index contributed by atoms with van der Waals surface area (Å²) in [6.07, 6.45) is 6.45. The van der Waals surface area contributed by atoms with Crippen LogP contribution in [0.15, 0.2) is 16.0 Å². The highest BCUT2D eigenvalue weighted by Crippen LogP contribution is 2.04. The van der Waals surface area contributed by atoms with Gasteiger partial charge in [0.05, 0.1) is 6.61 Å². The fourth-order valence-electron chi connectivity index (χ4n) is 1.54. The van der Waals surface area contributed by atoms with Crippen LogP contribution in [0.1, 0.15) is 39.5 Å². The number of nitrogens with zero attached hydrogens (tertiary/aromatic N) is 1. The first-order chi connectivity index (χ1) is 8.71. The molecule has 4 nitrogen and oxygen atoms in total. The van der Waals surface area contributed by atoms with Gasteiger partial charge in [-0.2, -0.15) is 0 Å². The van der Waals surface area contributed by atoms with Gasteiger partial charge in [-0.1, -0.05) is 32.3 Å². The highest BCUT2D eigenvalue weighted by molar-refractivity contribution is 7.79. The fourth-order valence-corrected chi connectivity index (χ4v) is 1.76. The molecule has 0 atom stereocenters. The topological polar surface area (TPSA) is 57.5 Å². The average molecular weight is 271 g/mol. The smallest absolute Gasteiger partial charge is 0.233 e. The van der Waals surface area contributed by atoms with Crippen molar-refractivity contribution in [3.05, 3.63) is 11.6 Å². The zero-order chi connectivity index (χ0) is 13.8. The van der Waals surface area contributed by atoms with Gasteiger partial charge < -0.3 is 10.1 Å². The summed E-state index contributed by atoms with van der Waals surface area (Å²) in [6.45, 7) is 5.31. The molecule has 0 aliphatic carbocycles. The summed E-state index contributed by atoms with van der Waals surface area (Å²) in [5.41, 5.74) is 1.43. The third-order valence-electron chi connectivity index (χ3n) is 2.58. The van der Waals surface area contributed by atoms with E-state index in [9.17, 15) is 0 Å². The Morgan fingerprint density at radius 1 is 1.39 bits per heavy atom. The predicted molar refractivity (Wildman–Crippen MR) is 81.9 cm³/mol. The Balaban J connectivity index is 4.20. The van der Waals surface area contributed by atoms with E-state index in [0.717, 1.165) is 18.4 Å². The summed E-state index contributed by atoms with van der Waals surface area (Å²) in [5.74, 6) is 0.102. The summed E-state index contributed by atoms with van der Waals surface area (Å²) in [6, 6.07) is 0. The third-order valence-corrected chi connectivity index (χ3v) is 2.78. The minimum absolute atomic E-state index is 0.102. The van der Waals surface area contributed by atoms with Crippen molar-refractivity contribution in [1.82, 2.24) is 5.32 Å². The Kier molecular flexibility index (Phi) is 10.8. The molecule has 0 spiro atoms. The van der Waals surface area contributed by atoms with E-state index in [1.54, 1.807) is 0 Å². The van der Waals surface area contributed by atoms with E-state index in [1.807, 2.05) is 20.0 Å². The molecule has 0 unspecified atom stereocenters. The summed E-state index contributed by atoms with van der Waals surface area (Å²) >= 11 is 3.92. The number of hydrogen-bond acceptors (Lipinski definition) is 5. The maximum Gasteiger partial charge on any atom is 0.233 e. The molecule has 0 radical (unpaired) electrons. The lowest BCUT2D eigenvalue weighted by Gasteiger charge is -2.12. The Hall–Kier alpha value is -0.810. The van der Waals surface area contributed by atoms with Gasteiger partial charge in [-0.25, -0.2) is 4.40 Å². The number of ether oxygens (including phenoxy) is 1. The molecule has 0 fully saturated rings. The van der Waals surface area contributed by atoms with Gasteiger partial charge in [0.2, 0.25) is 5.90 Å². The molecule has 0 amide bonds. The maximum absolute atomic E-state index is 7.87. The molecule has 104 valence electrons. The van der Waals surface area contributed by atoms with Crippen molar-refractivity contribution in [2.75, 3.05) is 20.2 Å². The number of thiol groups is 1. The first-order valence-corrected chi connectivity index (χ1v) is 6.85. The van der Waals surface area contributed by atoms with Crippen molar-refractivity contribution in [3.63, 3.8) is 0 Å². The fraction of sp³-hybridized carbons (Fsp3) is 0.692. The van der Waals surface area contributed by atoms with E-state index in [1.165, 1.54) is 12.8 Å². The van der Waals surface area contributed by atoms with Crippen LogP contribution < -0.4 is 5.32 Å². The van der Waals surface area contributed by atoms with Crippen molar-refractivity contribution in [2.45, 2.75) is 39.5 Å². The number of hydrogen-bond donors (Lipinski definition) is 3. The first kappa shape index (κ1) is 17.2. The van der Waals surface area contributed by atoms with Crippen LogP contribution in [0, 0.1) is 5.41 Å². The number of allylic oxidation sites excluding steroid dienone is 1. The van der Waals surface area contributed by atoms with E-state index >= 15 is 0 Å². The van der Waals surface area contributed by atoms with E-state index < -0.39 is 0 Å². The monoisotopic (exact) mass is 271 g/mol. The SMILES string of the molecule is C/C=C(CNC)/C(=N/S)C(=N)OCCCCCC. The van der Waals surface area contributed by atoms with Gasteiger partial charge in [-0.3, -0.25) is 5.41 Å². The zero-order valence-corrected chi connectivity index (χ0v) is 12.5. The van der Waals surface area contributed by atoms with Crippen LogP contribution in [-0.2, 0) is 4.74 Å². The summed E-state index contributed by atoms with van der Waals surface area (Å²) in [7, 11) is 1.86. The second-order valence-corrected chi connectivity index (χ2v) is 4.23. The molecular formula is C13H25N3OS. The molecule has 0 rings (SSSR count). The molecule has 0 aliphatic heterocycles. The first-order valence-electron chi connectivity index (χ1n) is 6.45. The van der Waals surface area contributed by atoms with Gasteiger partial charge in [0.15, 0.2) is 0 Å². The van der Waals surface area contributed by atoms with Crippen molar-refractivity contribution >= 4 is 24.4 Å². The molecule has 0 saturated heterocycles. The molecule has 0 heterocycles. The van der Waals surface area contributed by atoms with Gasteiger partial charge in [0, 0.05) is 6.54 Å². The van der Waals surface area contributed by atoms with E-state index in [4.69, 9.17) is 10.1 Å². The molecule has 0 saturated carbocycles. The van der Waals surface area contributed by atoms with E-state index in [-0.39, 0.29) is 5.90 Å². The number of unbranched alkanes of at least 4 members (excludes halogenated alkanes) is 3. The van der Waals surface area contributed by atoms with Crippen molar-refractivity contribution in [3.8, 4) is 0 Å². The minimum Gasteiger partial charge on any atom is -0.477 e. The Labute approximate surface area is 116 Å². The van der Waals surface area contributed by atoms with Gasteiger partial charge in [0.25, 0.3) is 0 Å². The second-order valence-electron chi connectivity index (χ2n) is 4.03. The van der Waals surface area contributed by atoms with Gasteiger partial charge >= 0.3 is 0 Å². The molecule has 5 heteroatoms. The molecular weight excluding hydrogens is 246 g/mol. The largest absolute Gasteiger partial charge is 0.477 e. The quantitative estimate of drug-likeness (QED) is 0.261. The highest BCUT2D eigenvalue weighted by atomic mass is 32.1. The molecule has 0 aromatic heterocycles. The molecule has 0 aromatic rings. The van der Waals surface area contributed by atoms with Gasteiger partial charge in [-0.15, -0.1) is 0 Å². The molecule has 0 aliphatic rings. The predicted octanol–water partition coefficient (Wildman–Crippen LogP) is 3.01. The highest BCUT2D eigenvalue weighted by Gasteiger charge is 2.12. The molecule has 2 N–H and O–H groups in total. The number of nitrogens with one attached hydrogen (secondary N) is 2. The molecule has 0 bridgehead atoms. The van der Waals surface area contributed by atoms with Crippen LogP contribution in [0.5, 0.6) is 0 Å². The molecule has 18 heavy (non-hydrogen) atoms. The lowest BCUT2D eigenvalue weighted by Crippen LogP contribution is -2.25. The zero-order valence-electron chi connectivity index (χ0n) is 11.6. The molecule has 0 aromatic carbocycles. The summed E-state index contributed by atoms with van der Waals surface area (Å²) < 4.78 is 9.25. The van der Waals surface area contributed by atoms with Crippen molar-refractivity contribution in [2.24, 2.45) is 4.40 Å². The Morgan fingerprint density at radius 3 is 2.61 bits per heavy atom. The summed E-state index contributed by atoms with van der Waals surface area (Å²) in [4.78, 5) is 0. The standard InChI is InChI=1S/C13H25N3OS/c1-4-6-7-8-9-17-13(14)12(16-18)11(5-2)10-15-3/h5,14-15,18H,4,6-10H2,1-3H3/b11-5+,14-13?,16-12-. The van der Waals surface area contributed by atoms with Crippen LogP contribution in [0.3, 0.4) is 0 Å². The normalized spacial score (nSPS) is 12.7. The third kappa shape index (κ3) is 6.81. The Morgan fingerprint density at radius 2 is 2.11 bits per heavy atom. The average Bonchev–Trinajstić information content (AvgIpc) is 2.38. The number of likely N-dealkylation sites (N-methyl/N-ethyl adjacent to an activating group) is 1. The minimum atomic E-state index is 0.102. The van der Waals surface area contributed by atoms with Crippen LogP contribution >= 0.6 is 12.8 Å². The Bertz CT molecular complexity index is 301. The van der Waals surface area contributed by atoms with Crippen LogP contribution in [0.25, 0.3) is 0 Å². The lowest BCUT2D eigenvalue weighted by molar-refractivity contribution is 0.296. The second kappa shape index (κ2) is 11.3. The van der Waals surface area contributed by atoms with Crippen molar-refractivity contribution < 1.29 is 4.74 Å². The van der Waals surface area contributed by atoms with Crippen LogP contribution in [-0.4, -0.2) is 31.8 Å². The van der Waals surface area contributed by atoms with E-state index in [0.29, 0.717) is 18.9 Å². The summed E-state index contributed by atoms with van der Waals surface area (Å²) in [5, 5.41) is 10.9.